The van der Waals surface area contributed by atoms with E-state index in [4.69, 9.17) is 10.00 Å². The monoisotopic (exact) mass is 336 g/mol. The van der Waals surface area contributed by atoms with Gasteiger partial charge in [-0.05, 0) is 29.0 Å². The summed E-state index contributed by atoms with van der Waals surface area (Å²) in [6.45, 7) is 4.46. The number of carbonyl (C=O) groups is 1. The SMILES string of the molecule is CC(C)CC(OCc1ccc(-c2ccccc2)cc1)C(=O)NCC#N. The van der Waals surface area contributed by atoms with Crippen molar-refractivity contribution in [3.63, 3.8) is 0 Å². The number of carbonyl (C=O) groups excluding carboxylic acids is 1. The minimum absolute atomic E-state index is 0.00254. The molecule has 1 amide bonds. The highest BCUT2D eigenvalue weighted by atomic mass is 16.5. The Labute approximate surface area is 149 Å². The Kier molecular flexibility index (Phi) is 7.18. The van der Waals surface area contributed by atoms with Gasteiger partial charge in [-0.25, -0.2) is 0 Å². The van der Waals surface area contributed by atoms with E-state index < -0.39 is 6.10 Å². The molecule has 0 saturated heterocycles. The van der Waals surface area contributed by atoms with Gasteiger partial charge in [0.25, 0.3) is 0 Å². The van der Waals surface area contributed by atoms with Crippen LogP contribution in [0.15, 0.2) is 54.6 Å². The maximum absolute atomic E-state index is 12.1. The number of hydrogen-bond acceptors (Lipinski definition) is 3. The van der Waals surface area contributed by atoms with Crippen LogP contribution in [-0.4, -0.2) is 18.6 Å². The molecule has 0 aliphatic heterocycles. The van der Waals surface area contributed by atoms with E-state index in [1.54, 1.807) is 0 Å². The molecule has 4 heteroatoms. The maximum atomic E-state index is 12.1. The molecule has 0 heterocycles. The summed E-state index contributed by atoms with van der Waals surface area (Å²) in [6.07, 6.45) is 0.0847. The third-order valence-electron chi connectivity index (χ3n) is 3.83. The molecule has 25 heavy (non-hydrogen) atoms. The van der Waals surface area contributed by atoms with Gasteiger partial charge in [0.1, 0.15) is 12.6 Å². The lowest BCUT2D eigenvalue weighted by molar-refractivity contribution is -0.134. The number of ether oxygens (including phenoxy) is 1. The largest absolute Gasteiger partial charge is 0.364 e. The second-order valence-corrected chi connectivity index (χ2v) is 6.37. The third kappa shape index (κ3) is 6.06. The maximum Gasteiger partial charge on any atom is 0.249 e. The normalized spacial score (nSPS) is 11.8. The van der Waals surface area contributed by atoms with Gasteiger partial charge in [0.15, 0.2) is 0 Å². The Hall–Kier alpha value is -2.64. The summed E-state index contributed by atoms with van der Waals surface area (Å²) in [5, 5.41) is 11.2. The van der Waals surface area contributed by atoms with E-state index in [2.05, 4.69) is 29.6 Å². The average molecular weight is 336 g/mol. The van der Waals surface area contributed by atoms with E-state index in [1.165, 1.54) is 5.56 Å². The third-order valence-corrected chi connectivity index (χ3v) is 3.83. The van der Waals surface area contributed by atoms with Crippen LogP contribution in [0, 0.1) is 17.2 Å². The summed E-state index contributed by atoms with van der Waals surface area (Å²) in [6, 6.07) is 20.2. The van der Waals surface area contributed by atoms with Gasteiger partial charge in [-0.15, -0.1) is 0 Å². The zero-order chi connectivity index (χ0) is 18.1. The summed E-state index contributed by atoms with van der Waals surface area (Å²) in [7, 11) is 0. The molecule has 2 aromatic carbocycles. The van der Waals surface area contributed by atoms with Crippen molar-refractivity contribution in [3.8, 4) is 17.2 Å². The van der Waals surface area contributed by atoms with Crippen LogP contribution >= 0.6 is 0 Å². The fourth-order valence-electron chi connectivity index (χ4n) is 2.54. The van der Waals surface area contributed by atoms with Gasteiger partial charge in [-0.2, -0.15) is 5.26 Å². The van der Waals surface area contributed by atoms with Gasteiger partial charge in [-0.1, -0.05) is 68.4 Å². The van der Waals surface area contributed by atoms with Crippen LogP contribution in [0.3, 0.4) is 0 Å². The van der Waals surface area contributed by atoms with Crippen molar-refractivity contribution in [3.05, 3.63) is 60.2 Å². The van der Waals surface area contributed by atoms with Gasteiger partial charge in [-0.3, -0.25) is 4.79 Å². The first kappa shape index (κ1) is 18.7. The Morgan fingerprint density at radius 1 is 1.08 bits per heavy atom. The van der Waals surface area contributed by atoms with E-state index in [0.29, 0.717) is 18.9 Å². The summed E-state index contributed by atoms with van der Waals surface area (Å²) in [5.41, 5.74) is 3.33. The molecule has 2 rings (SSSR count). The molecule has 0 fully saturated rings. The summed E-state index contributed by atoms with van der Waals surface area (Å²) in [4.78, 5) is 12.1. The standard InChI is InChI=1S/C21H24N2O2/c1-16(2)14-20(21(24)23-13-12-22)25-15-17-8-10-19(11-9-17)18-6-4-3-5-7-18/h3-11,16,20H,13-15H2,1-2H3,(H,23,24). The molecule has 0 saturated carbocycles. The van der Waals surface area contributed by atoms with Crippen molar-refractivity contribution in [2.45, 2.75) is 33.0 Å². The van der Waals surface area contributed by atoms with Crippen LogP contribution in [0.5, 0.6) is 0 Å². The minimum atomic E-state index is -0.540. The van der Waals surface area contributed by atoms with Gasteiger partial charge >= 0.3 is 0 Å². The zero-order valence-corrected chi connectivity index (χ0v) is 14.7. The fraction of sp³-hybridized carbons (Fsp3) is 0.333. The number of hydrogen-bond donors (Lipinski definition) is 1. The van der Waals surface area contributed by atoms with Gasteiger partial charge in [0, 0.05) is 0 Å². The lowest BCUT2D eigenvalue weighted by Crippen LogP contribution is -2.37. The fourth-order valence-corrected chi connectivity index (χ4v) is 2.54. The van der Waals surface area contributed by atoms with Gasteiger partial charge < -0.3 is 10.1 Å². The number of rotatable bonds is 8. The van der Waals surface area contributed by atoms with E-state index in [0.717, 1.165) is 11.1 Å². The van der Waals surface area contributed by atoms with Crippen LogP contribution in [0.4, 0.5) is 0 Å². The van der Waals surface area contributed by atoms with Crippen molar-refractivity contribution in [2.24, 2.45) is 5.92 Å². The predicted octanol–water partition coefficient (Wildman–Crippen LogP) is 3.92. The molecule has 0 aliphatic carbocycles. The molecule has 0 spiro atoms. The quantitative estimate of drug-likeness (QED) is 0.743. The van der Waals surface area contributed by atoms with Gasteiger partial charge in [0.2, 0.25) is 5.91 Å². The second-order valence-electron chi connectivity index (χ2n) is 6.37. The summed E-state index contributed by atoms with van der Waals surface area (Å²) in [5.74, 6) is 0.106. The van der Waals surface area contributed by atoms with E-state index in [-0.39, 0.29) is 12.5 Å². The van der Waals surface area contributed by atoms with Crippen molar-refractivity contribution >= 4 is 5.91 Å². The zero-order valence-electron chi connectivity index (χ0n) is 14.7. The Morgan fingerprint density at radius 2 is 1.72 bits per heavy atom. The molecule has 2 aromatic rings. The molecule has 1 atom stereocenters. The molecular formula is C21H24N2O2. The van der Waals surface area contributed by atoms with Crippen molar-refractivity contribution in [1.82, 2.24) is 5.32 Å². The first-order valence-corrected chi connectivity index (χ1v) is 8.50. The molecule has 1 unspecified atom stereocenters. The molecule has 0 aliphatic rings. The first-order chi connectivity index (χ1) is 12.1. The average Bonchev–Trinajstić information content (AvgIpc) is 2.64. The van der Waals surface area contributed by atoms with Crippen molar-refractivity contribution in [2.75, 3.05) is 6.54 Å². The highest BCUT2D eigenvalue weighted by Gasteiger charge is 2.20. The van der Waals surface area contributed by atoms with Crippen LogP contribution < -0.4 is 5.32 Å². The van der Waals surface area contributed by atoms with Crippen LogP contribution in [0.2, 0.25) is 0 Å². The lowest BCUT2D eigenvalue weighted by Gasteiger charge is -2.19. The highest BCUT2D eigenvalue weighted by molar-refractivity contribution is 5.80. The Bertz CT molecular complexity index is 703. The number of nitrogens with zero attached hydrogens (tertiary/aromatic N) is 1. The second kappa shape index (κ2) is 9.61. The van der Waals surface area contributed by atoms with Gasteiger partial charge in [0.05, 0.1) is 12.7 Å². The molecule has 4 nitrogen and oxygen atoms in total. The van der Waals surface area contributed by atoms with Crippen molar-refractivity contribution < 1.29 is 9.53 Å². The van der Waals surface area contributed by atoms with E-state index >= 15 is 0 Å². The number of nitrogens with one attached hydrogen (secondary N) is 1. The minimum Gasteiger partial charge on any atom is -0.364 e. The van der Waals surface area contributed by atoms with Crippen LogP contribution in [0.25, 0.3) is 11.1 Å². The topological polar surface area (TPSA) is 62.1 Å². The number of amides is 1. The smallest absolute Gasteiger partial charge is 0.249 e. The molecular weight excluding hydrogens is 312 g/mol. The molecule has 1 N–H and O–H groups in total. The van der Waals surface area contributed by atoms with E-state index in [9.17, 15) is 4.79 Å². The summed E-state index contributed by atoms with van der Waals surface area (Å²) < 4.78 is 5.82. The Balaban J connectivity index is 1.97. The molecule has 0 bridgehead atoms. The highest BCUT2D eigenvalue weighted by Crippen LogP contribution is 2.20. The Morgan fingerprint density at radius 3 is 2.32 bits per heavy atom. The number of benzene rings is 2. The number of nitriles is 1. The van der Waals surface area contributed by atoms with E-state index in [1.807, 2.05) is 50.2 Å². The van der Waals surface area contributed by atoms with Crippen LogP contribution in [-0.2, 0) is 16.1 Å². The molecule has 0 aromatic heterocycles. The van der Waals surface area contributed by atoms with Crippen molar-refractivity contribution in [1.29, 1.82) is 5.26 Å². The molecule has 130 valence electrons. The van der Waals surface area contributed by atoms with Crippen LogP contribution in [0.1, 0.15) is 25.8 Å². The summed E-state index contributed by atoms with van der Waals surface area (Å²) >= 11 is 0. The lowest BCUT2D eigenvalue weighted by atomic mass is 10.0. The first-order valence-electron chi connectivity index (χ1n) is 8.50. The molecule has 0 radical (unpaired) electrons. The predicted molar refractivity (Wildman–Crippen MR) is 98.5 cm³/mol.